The van der Waals surface area contributed by atoms with E-state index in [0.29, 0.717) is 24.3 Å². The number of carbonyl (C=O) groups is 1. The molecule has 1 heterocycles. The van der Waals surface area contributed by atoms with Gasteiger partial charge in [0.05, 0.1) is 24.0 Å². The van der Waals surface area contributed by atoms with Crippen LogP contribution in [0.25, 0.3) is 0 Å². The molecule has 2 N–H and O–H groups in total. The lowest BCUT2D eigenvalue weighted by atomic mass is 9.99. The normalized spacial score (nSPS) is 16.9. The predicted octanol–water partition coefficient (Wildman–Crippen LogP) is 2.12. The number of hydrogen-bond donors (Lipinski definition) is 2. The van der Waals surface area contributed by atoms with Gasteiger partial charge in [-0.05, 0) is 23.8 Å². The Hall–Kier alpha value is -2.38. The van der Waals surface area contributed by atoms with Crippen LogP contribution in [0, 0.1) is 0 Å². The van der Waals surface area contributed by atoms with Crippen LogP contribution in [0.4, 0.5) is 0 Å². The number of hydrogen-bond acceptors (Lipinski definition) is 4. The van der Waals surface area contributed by atoms with Crippen molar-refractivity contribution in [2.24, 2.45) is 0 Å². The molecular formula is C17H17NO5S. The van der Waals surface area contributed by atoms with Crippen LogP contribution in [0.2, 0.25) is 0 Å². The van der Waals surface area contributed by atoms with Crippen molar-refractivity contribution >= 4 is 16.0 Å². The Balaban J connectivity index is 1.86. The smallest absolute Gasteiger partial charge is 0.307 e. The summed E-state index contributed by atoms with van der Waals surface area (Å²) >= 11 is 0. The Morgan fingerprint density at radius 3 is 2.67 bits per heavy atom. The first-order valence-electron chi connectivity index (χ1n) is 7.50. The number of benzene rings is 2. The van der Waals surface area contributed by atoms with Gasteiger partial charge in [-0.3, -0.25) is 4.79 Å². The topological polar surface area (TPSA) is 92.7 Å². The molecule has 0 aromatic heterocycles. The number of carboxylic acids is 1. The second kappa shape index (κ2) is 6.62. The monoisotopic (exact) mass is 347 g/mol. The van der Waals surface area contributed by atoms with Crippen LogP contribution in [-0.4, -0.2) is 26.1 Å². The van der Waals surface area contributed by atoms with E-state index >= 15 is 0 Å². The van der Waals surface area contributed by atoms with Crippen LogP contribution >= 0.6 is 0 Å². The van der Waals surface area contributed by atoms with Crippen LogP contribution < -0.4 is 9.46 Å². The Bertz CT molecular complexity index is 849. The highest BCUT2D eigenvalue weighted by Crippen LogP contribution is 2.34. The van der Waals surface area contributed by atoms with Gasteiger partial charge in [0, 0.05) is 12.0 Å². The summed E-state index contributed by atoms with van der Waals surface area (Å²) in [6.07, 6.45) is 0.411. The minimum absolute atomic E-state index is 0.100. The highest BCUT2D eigenvalue weighted by Gasteiger charge is 2.27. The van der Waals surface area contributed by atoms with Crippen molar-refractivity contribution in [2.75, 3.05) is 6.61 Å². The van der Waals surface area contributed by atoms with E-state index in [4.69, 9.17) is 9.84 Å². The zero-order valence-corrected chi connectivity index (χ0v) is 13.6. The van der Waals surface area contributed by atoms with Crippen LogP contribution in [0.5, 0.6) is 5.75 Å². The summed E-state index contributed by atoms with van der Waals surface area (Å²) in [5, 5.41) is 8.87. The molecule has 0 saturated carbocycles. The predicted molar refractivity (Wildman–Crippen MR) is 87.4 cm³/mol. The van der Waals surface area contributed by atoms with Gasteiger partial charge in [0.25, 0.3) is 0 Å². The van der Waals surface area contributed by atoms with Gasteiger partial charge in [-0.1, -0.05) is 30.3 Å². The van der Waals surface area contributed by atoms with E-state index in [-0.39, 0.29) is 11.3 Å². The fourth-order valence-electron chi connectivity index (χ4n) is 2.70. The first-order chi connectivity index (χ1) is 11.5. The van der Waals surface area contributed by atoms with Crippen molar-refractivity contribution in [1.82, 2.24) is 4.72 Å². The van der Waals surface area contributed by atoms with Crippen LogP contribution in [-0.2, 0) is 21.2 Å². The lowest BCUT2D eigenvalue weighted by molar-refractivity contribution is -0.136. The van der Waals surface area contributed by atoms with Crippen molar-refractivity contribution in [3.63, 3.8) is 0 Å². The Morgan fingerprint density at radius 1 is 1.21 bits per heavy atom. The molecule has 0 fully saturated rings. The molecule has 3 rings (SSSR count). The summed E-state index contributed by atoms with van der Waals surface area (Å²) < 4.78 is 33.3. The van der Waals surface area contributed by atoms with Crippen molar-refractivity contribution in [3.8, 4) is 5.75 Å². The minimum atomic E-state index is -3.63. The molecule has 0 aliphatic carbocycles. The van der Waals surface area contributed by atoms with Gasteiger partial charge in [0.15, 0.2) is 0 Å². The van der Waals surface area contributed by atoms with E-state index in [0.717, 1.165) is 5.56 Å². The highest BCUT2D eigenvalue weighted by molar-refractivity contribution is 7.89. The van der Waals surface area contributed by atoms with Gasteiger partial charge < -0.3 is 9.84 Å². The number of aliphatic carboxylic acids is 1. The third kappa shape index (κ3) is 3.58. The van der Waals surface area contributed by atoms with Crippen LogP contribution in [0.1, 0.15) is 23.6 Å². The molecule has 0 amide bonds. The third-order valence-electron chi connectivity index (χ3n) is 3.82. The fourth-order valence-corrected chi connectivity index (χ4v) is 3.97. The minimum Gasteiger partial charge on any atom is -0.493 e. The van der Waals surface area contributed by atoms with Gasteiger partial charge in [-0.25, -0.2) is 13.1 Å². The standard InChI is InChI=1S/C17H17NO5S/c19-17(20)11-12-6-7-14-15(8-9-23-16(14)10-12)18-24(21,22)13-4-2-1-3-5-13/h1-7,10,15,18H,8-9,11H2,(H,19,20). The molecule has 1 aliphatic rings. The number of fused-ring (bicyclic) bond motifs is 1. The lowest BCUT2D eigenvalue weighted by Crippen LogP contribution is -2.32. The van der Waals surface area contributed by atoms with E-state index in [1.54, 1.807) is 48.5 Å². The molecule has 1 aliphatic heterocycles. The molecule has 126 valence electrons. The largest absolute Gasteiger partial charge is 0.493 e. The maximum Gasteiger partial charge on any atom is 0.307 e. The second-order valence-electron chi connectivity index (χ2n) is 5.57. The molecule has 2 aromatic rings. The van der Waals surface area contributed by atoms with Gasteiger partial charge in [-0.2, -0.15) is 0 Å². The van der Waals surface area contributed by atoms with Crippen LogP contribution in [0.15, 0.2) is 53.4 Å². The summed E-state index contributed by atoms with van der Waals surface area (Å²) in [5.41, 5.74) is 1.34. The molecule has 6 nitrogen and oxygen atoms in total. The van der Waals surface area contributed by atoms with E-state index < -0.39 is 22.0 Å². The summed E-state index contributed by atoms with van der Waals surface area (Å²) in [6.45, 7) is 0.367. The quantitative estimate of drug-likeness (QED) is 0.864. The second-order valence-corrected chi connectivity index (χ2v) is 7.28. The summed E-state index contributed by atoms with van der Waals surface area (Å²) in [5.74, 6) is -0.396. The molecule has 1 unspecified atom stereocenters. The Kier molecular flexibility index (Phi) is 4.55. The molecule has 0 spiro atoms. The molecule has 1 atom stereocenters. The summed E-state index contributed by atoms with van der Waals surface area (Å²) in [7, 11) is -3.63. The fraction of sp³-hybridized carbons (Fsp3) is 0.235. The molecule has 7 heteroatoms. The summed E-state index contributed by atoms with van der Waals surface area (Å²) in [6, 6.07) is 12.8. The number of nitrogens with one attached hydrogen (secondary N) is 1. The number of ether oxygens (including phenoxy) is 1. The SMILES string of the molecule is O=C(O)Cc1ccc2c(c1)OCCC2NS(=O)(=O)c1ccccc1. The molecule has 0 saturated heterocycles. The third-order valence-corrected chi connectivity index (χ3v) is 5.31. The van der Waals surface area contributed by atoms with Gasteiger partial charge in [0.1, 0.15) is 5.75 Å². The molecule has 2 aromatic carbocycles. The number of carboxylic acid groups (broad SMARTS) is 1. The van der Waals surface area contributed by atoms with Crippen LogP contribution in [0.3, 0.4) is 0 Å². The Morgan fingerprint density at radius 2 is 1.96 bits per heavy atom. The van der Waals surface area contributed by atoms with Crippen molar-refractivity contribution in [2.45, 2.75) is 23.8 Å². The summed E-state index contributed by atoms with van der Waals surface area (Å²) in [4.78, 5) is 11.0. The zero-order chi connectivity index (χ0) is 17.2. The van der Waals surface area contributed by atoms with E-state index in [9.17, 15) is 13.2 Å². The molecule has 0 bridgehead atoms. The first-order valence-corrected chi connectivity index (χ1v) is 8.99. The lowest BCUT2D eigenvalue weighted by Gasteiger charge is -2.27. The van der Waals surface area contributed by atoms with Crippen molar-refractivity contribution in [1.29, 1.82) is 0 Å². The van der Waals surface area contributed by atoms with E-state index in [1.165, 1.54) is 0 Å². The number of rotatable bonds is 5. The van der Waals surface area contributed by atoms with Crippen molar-refractivity contribution < 1.29 is 23.1 Å². The molecular weight excluding hydrogens is 330 g/mol. The first kappa shape index (κ1) is 16.5. The maximum absolute atomic E-state index is 12.5. The Labute approximate surface area is 140 Å². The molecule has 0 radical (unpaired) electrons. The highest BCUT2D eigenvalue weighted by atomic mass is 32.2. The van der Waals surface area contributed by atoms with E-state index in [2.05, 4.69) is 4.72 Å². The maximum atomic E-state index is 12.5. The molecule has 24 heavy (non-hydrogen) atoms. The average Bonchev–Trinajstić information content (AvgIpc) is 2.55. The zero-order valence-electron chi connectivity index (χ0n) is 12.8. The van der Waals surface area contributed by atoms with Gasteiger partial charge >= 0.3 is 5.97 Å². The van der Waals surface area contributed by atoms with Gasteiger partial charge in [0.2, 0.25) is 10.0 Å². The number of sulfonamides is 1. The van der Waals surface area contributed by atoms with Gasteiger partial charge in [-0.15, -0.1) is 0 Å². The average molecular weight is 347 g/mol. The van der Waals surface area contributed by atoms with Crippen molar-refractivity contribution in [3.05, 3.63) is 59.7 Å². The van der Waals surface area contributed by atoms with E-state index in [1.807, 2.05) is 0 Å².